The smallest absolute Gasteiger partial charge is 0.221 e. The summed E-state index contributed by atoms with van der Waals surface area (Å²) >= 11 is 0. The monoisotopic (exact) mass is 319 g/mol. The molecule has 1 unspecified atom stereocenters. The molecule has 1 heterocycles. The Morgan fingerprint density at radius 1 is 1.35 bits per heavy atom. The number of rotatable bonds is 5. The average molecular weight is 319 g/mol. The Kier molecular flexibility index (Phi) is 5.62. The minimum atomic E-state index is -0.202. The number of amides is 1. The van der Waals surface area contributed by atoms with E-state index in [4.69, 9.17) is 0 Å². The lowest BCUT2D eigenvalue weighted by atomic mass is 10.0. The lowest BCUT2D eigenvalue weighted by molar-refractivity contribution is -0.122. The van der Waals surface area contributed by atoms with Crippen molar-refractivity contribution in [3.8, 4) is 0 Å². The highest BCUT2D eigenvalue weighted by Gasteiger charge is 2.25. The van der Waals surface area contributed by atoms with Gasteiger partial charge in [0.05, 0.1) is 0 Å². The van der Waals surface area contributed by atoms with Gasteiger partial charge >= 0.3 is 0 Å². The largest absolute Gasteiger partial charge is 0.353 e. The molecule has 0 radical (unpaired) electrons. The standard InChI is InChI=1S/C18H26FN3O/c19-15-5-3-4-14(12-15)17-13-20-9-11-22(17)10-8-18(23)21-16-6-1-2-7-16/h3-5,12,16-17,20H,1-2,6-11,13H2,(H,21,23). The third kappa shape index (κ3) is 4.52. The number of nitrogens with one attached hydrogen (secondary N) is 2. The Balaban J connectivity index is 1.55. The van der Waals surface area contributed by atoms with Crippen molar-refractivity contribution in [1.29, 1.82) is 0 Å². The van der Waals surface area contributed by atoms with E-state index in [1.807, 2.05) is 6.07 Å². The van der Waals surface area contributed by atoms with E-state index in [2.05, 4.69) is 15.5 Å². The van der Waals surface area contributed by atoms with Gasteiger partial charge in [-0.3, -0.25) is 9.69 Å². The van der Waals surface area contributed by atoms with Crippen molar-refractivity contribution in [3.05, 3.63) is 35.6 Å². The number of piperazine rings is 1. The molecule has 0 aromatic heterocycles. The zero-order valence-electron chi connectivity index (χ0n) is 13.6. The van der Waals surface area contributed by atoms with Crippen LogP contribution in [0.5, 0.6) is 0 Å². The second kappa shape index (κ2) is 7.88. The van der Waals surface area contributed by atoms with E-state index in [0.29, 0.717) is 12.5 Å². The summed E-state index contributed by atoms with van der Waals surface area (Å²) in [6.07, 6.45) is 5.20. The van der Waals surface area contributed by atoms with E-state index in [0.717, 1.165) is 44.6 Å². The first kappa shape index (κ1) is 16.4. The first-order chi connectivity index (χ1) is 11.2. The van der Waals surface area contributed by atoms with E-state index in [1.54, 1.807) is 12.1 Å². The van der Waals surface area contributed by atoms with E-state index >= 15 is 0 Å². The molecule has 1 aliphatic carbocycles. The Bertz CT molecular complexity index is 531. The molecule has 1 aromatic carbocycles. The number of carbonyl (C=O) groups excluding carboxylic acids is 1. The van der Waals surface area contributed by atoms with Crippen LogP contribution in [0.4, 0.5) is 4.39 Å². The maximum absolute atomic E-state index is 13.5. The summed E-state index contributed by atoms with van der Waals surface area (Å²) in [5, 5.41) is 6.51. The predicted octanol–water partition coefficient (Wildman–Crippen LogP) is 2.22. The van der Waals surface area contributed by atoms with Gasteiger partial charge in [-0.25, -0.2) is 4.39 Å². The van der Waals surface area contributed by atoms with Crippen LogP contribution >= 0.6 is 0 Å². The van der Waals surface area contributed by atoms with Crippen molar-refractivity contribution in [2.75, 3.05) is 26.2 Å². The molecule has 1 aromatic rings. The van der Waals surface area contributed by atoms with E-state index in [9.17, 15) is 9.18 Å². The fourth-order valence-corrected chi connectivity index (χ4v) is 3.67. The van der Waals surface area contributed by atoms with Gasteiger partial charge < -0.3 is 10.6 Å². The molecule has 2 N–H and O–H groups in total. The summed E-state index contributed by atoms with van der Waals surface area (Å²) in [7, 11) is 0. The van der Waals surface area contributed by atoms with Crippen molar-refractivity contribution in [2.24, 2.45) is 0 Å². The van der Waals surface area contributed by atoms with Crippen LogP contribution in [0.2, 0.25) is 0 Å². The van der Waals surface area contributed by atoms with Crippen LogP contribution in [-0.4, -0.2) is 43.0 Å². The molecule has 1 amide bonds. The maximum atomic E-state index is 13.5. The quantitative estimate of drug-likeness (QED) is 0.875. The van der Waals surface area contributed by atoms with E-state index < -0.39 is 0 Å². The van der Waals surface area contributed by atoms with Gasteiger partial charge in [0.2, 0.25) is 5.91 Å². The summed E-state index contributed by atoms with van der Waals surface area (Å²) in [4.78, 5) is 14.4. The number of carbonyl (C=O) groups is 1. The van der Waals surface area contributed by atoms with Crippen LogP contribution in [0.15, 0.2) is 24.3 Å². The molecule has 0 spiro atoms. The minimum absolute atomic E-state index is 0.138. The molecule has 2 aliphatic rings. The second-order valence-electron chi connectivity index (χ2n) is 6.61. The molecular formula is C18H26FN3O. The van der Waals surface area contributed by atoms with Crippen LogP contribution in [0.1, 0.15) is 43.7 Å². The van der Waals surface area contributed by atoms with Gasteiger partial charge in [0, 0.05) is 44.7 Å². The molecule has 1 saturated carbocycles. The SMILES string of the molecule is O=C(CCN1CCNCC1c1cccc(F)c1)NC1CCCC1. The second-order valence-corrected chi connectivity index (χ2v) is 6.61. The Hall–Kier alpha value is -1.46. The van der Waals surface area contributed by atoms with Crippen LogP contribution < -0.4 is 10.6 Å². The average Bonchev–Trinajstić information content (AvgIpc) is 3.06. The zero-order chi connectivity index (χ0) is 16.1. The van der Waals surface area contributed by atoms with E-state index in [1.165, 1.54) is 18.9 Å². The lowest BCUT2D eigenvalue weighted by Gasteiger charge is -2.36. The summed E-state index contributed by atoms with van der Waals surface area (Å²) in [6, 6.07) is 7.31. The minimum Gasteiger partial charge on any atom is -0.353 e. The fourth-order valence-electron chi connectivity index (χ4n) is 3.67. The topological polar surface area (TPSA) is 44.4 Å². The number of nitrogens with zero attached hydrogens (tertiary/aromatic N) is 1. The van der Waals surface area contributed by atoms with Crippen molar-refractivity contribution in [2.45, 2.75) is 44.2 Å². The molecule has 2 fully saturated rings. The number of benzene rings is 1. The van der Waals surface area contributed by atoms with Gasteiger partial charge in [-0.15, -0.1) is 0 Å². The number of hydrogen-bond donors (Lipinski definition) is 2. The molecule has 1 saturated heterocycles. The fraction of sp³-hybridized carbons (Fsp3) is 0.611. The van der Waals surface area contributed by atoms with Gasteiger partial charge in [-0.1, -0.05) is 25.0 Å². The summed E-state index contributed by atoms with van der Waals surface area (Å²) in [5.74, 6) is -0.0552. The normalized spacial score (nSPS) is 23.1. The third-order valence-electron chi connectivity index (χ3n) is 4.93. The highest BCUT2D eigenvalue weighted by atomic mass is 19.1. The van der Waals surface area contributed by atoms with Crippen LogP contribution in [-0.2, 0) is 4.79 Å². The number of halogens is 1. The van der Waals surface area contributed by atoms with Crippen molar-refractivity contribution >= 4 is 5.91 Å². The third-order valence-corrected chi connectivity index (χ3v) is 4.93. The van der Waals surface area contributed by atoms with Gasteiger partial charge in [-0.2, -0.15) is 0 Å². The summed E-state index contributed by atoms with van der Waals surface area (Å²) in [6.45, 7) is 3.32. The van der Waals surface area contributed by atoms with Crippen LogP contribution in [0, 0.1) is 5.82 Å². The first-order valence-electron chi connectivity index (χ1n) is 8.72. The summed E-state index contributed by atoms with van der Waals surface area (Å²) < 4.78 is 13.5. The Morgan fingerprint density at radius 3 is 2.96 bits per heavy atom. The van der Waals surface area contributed by atoms with E-state index in [-0.39, 0.29) is 17.8 Å². The first-order valence-corrected chi connectivity index (χ1v) is 8.72. The highest BCUT2D eigenvalue weighted by molar-refractivity contribution is 5.76. The highest BCUT2D eigenvalue weighted by Crippen LogP contribution is 2.23. The molecule has 0 bridgehead atoms. The number of hydrogen-bond acceptors (Lipinski definition) is 3. The molecule has 4 nitrogen and oxygen atoms in total. The molecule has 3 rings (SSSR count). The Morgan fingerprint density at radius 2 is 2.17 bits per heavy atom. The maximum Gasteiger partial charge on any atom is 0.221 e. The van der Waals surface area contributed by atoms with Gasteiger partial charge in [0.15, 0.2) is 0 Å². The van der Waals surface area contributed by atoms with Crippen molar-refractivity contribution in [1.82, 2.24) is 15.5 Å². The van der Waals surface area contributed by atoms with Crippen LogP contribution in [0.25, 0.3) is 0 Å². The molecule has 23 heavy (non-hydrogen) atoms. The van der Waals surface area contributed by atoms with Gasteiger partial charge in [-0.05, 0) is 30.5 Å². The van der Waals surface area contributed by atoms with Gasteiger partial charge in [0.25, 0.3) is 0 Å². The molecular weight excluding hydrogens is 293 g/mol. The molecule has 1 aliphatic heterocycles. The van der Waals surface area contributed by atoms with Gasteiger partial charge in [0.1, 0.15) is 5.82 Å². The summed E-state index contributed by atoms with van der Waals surface area (Å²) in [5.41, 5.74) is 0.980. The van der Waals surface area contributed by atoms with Crippen molar-refractivity contribution < 1.29 is 9.18 Å². The van der Waals surface area contributed by atoms with Crippen LogP contribution in [0.3, 0.4) is 0 Å². The van der Waals surface area contributed by atoms with Crippen molar-refractivity contribution in [3.63, 3.8) is 0 Å². The zero-order valence-corrected chi connectivity index (χ0v) is 13.6. The Labute approximate surface area is 137 Å². The molecule has 1 atom stereocenters. The lowest BCUT2D eigenvalue weighted by Crippen LogP contribution is -2.47. The molecule has 5 heteroatoms. The molecule has 126 valence electrons. The predicted molar refractivity (Wildman–Crippen MR) is 88.6 cm³/mol.